The third-order valence-corrected chi connectivity index (χ3v) is 6.09. The minimum Gasteiger partial charge on any atom is -0.382 e. The predicted octanol–water partition coefficient (Wildman–Crippen LogP) is 6.09. The maximum absolute atomic E-state index is 12.7. The Morgan fingerprint density at radius 3 is 1.83 bits per heavy atom. The molecular formula is C20H34O3S. The van der Waals surface area contributed by atoms with E-state index in [4.69, 9.17) is 4.18 Å². The van der Waals surface area contributed by atoms with Gasteiger partial charge in [0.05, 0.1) is 5.25 Å². The Morgan fingerprint density at radius 1 is 0.792 bits per heavy atom. The highest BCUT2D eigenvalue weighted by Crippen LogP contribution is 2.23. The summed E-state index contributed by atoms with van der Waals surface area (Å²) in [6.45, 7) is 4.36. The third-order valence-electron chi connectivity index (χ3n) is 4.37. The van der Waals surface area contributed by atoms with Crippen LogP contribution >= 0.6 is 0 Å². The molecule has 24 heavy (non-hydrogen) atoms. The lowest BCUT2D eigenvalue weighted by Crippen LogP contribution is -2.26. The number of unbranched alkanes of at least 4 members (excludes halogenated alkanes) is 7. The minimum atomic E-state index is -3.56. The molecule has 0 aliphatic heterocycles. The van der Waals surface area contributed by atoms with Gasteiger partial charge in [-0.25, -0.2) is 0 Å². The van der Waals surface area contributed by atoms with Crippen molar-refractivity contribution < 1.29 is 12.6 Å². The van der Waals surface area contributed by atoms with Crippen molar-refractivity contribution >= 4 is 10.1 Å². The normalized spacial score (nSPS) is 12.9. The van der Waals surface area contributed by atoms with Gasteiger partial charge in [0.25, 0.3) is 0 Å². The molecule has 0 aliphatic rings. The highest BCUT2D eigenvalue weighted by atomic mass is 32.2. The summed E-state index contributed by atoms with van der Waals surface area (Å²) in [7, 11) is -3.56. The van der Waals surface area contributed by atoms with Crippen LogP contribution < -0.4 is 4.18 Å². The molecule has 4 heteroatoms. The fourth-order valence-electron chi connectivity index (χ4n) is 2.89. The van der Waals surface area contributed by atoms with E-state index < -0.39 is 10.1 Å². The lowest BCUT2D eigenvalue weighted by molar-refractivity contribution is 0.447. The molecular weight excluding hydrogens is 320 g/mol. The van der Waals surface area contributed by atoms with Gasteiger partial charge in [-0.05, 0) is 25.0 Å². The molecule has 0 heterocycles. The molecule has 1 unspecified atom stereocenters. The number of benzene rings is 1. The second-order valence-electron chi connectivity index (χ2n) is 6.56. The van der Waals surface area contributed by atoms with Gasteiger partial charge in [-0.2, -0.15) is 8.42 Å². The zero-order valence-corrected chi connectivity index (χ0v) is 16.2. The number of hydrogen-bond donors (Lipinski definition) is 0. The molecule has 1 rings (SSSR count). The van der Waals surface area contributed by atoms with Crippen molar-refractivity contribution in [3.8, 4) is 5.75 Å². The van der Waals surface area contributed by atoms with Gasteiger partial charge in [0, 0.05) is 0 Å². The molecule has 0 bridgehead atoms. The maximum Gasteiger partial charge on any atom is 0.312 e. The lowest BCUT2D eigenvalue weighted by Gasteiger charge is -2.18. The Balaban J connectivity index is 2.59. The van der Waals surface area contributed by atoms with E-state index in [0.29, 0.717) is 18.6 Å². The molecule has 138 valence electrons. The predicted molar refractivity (Wildman–Crippen MR) is 102 cm³/mol. The van der Waals surface area contributed by atoms with Crippen LogP contribution in [0.5, 0.6) is 5.75 Å². The Bertz CT molecular complexity index is 511. The molecule has 0 radical (unpaired) electrons. The Labute approximate surface area is 148 Å². The van der Waals surface area contributed by atoms with Crippen molar-refractivity contribution in [2.24, 2.45) is 0 Å². The van der Waals surface area contributed by atoms with E-state index in [2.05, 4.69) is 13.8 Å². The highest BCUT2D eigenvalue weighted by molar-refractivity contribution is 7.87. The van der Waals surface area contributed by atoms with Gasteiger partial charge >= 0.3 is 10.1 Å². The van der Waals surface area contributed by atoms with E-state index in [1.807, 2.05) is 6.07 Å². The van der Waals surface area contributed by atoms with Crippen LogP contribution in [0.2, 0.25) is 0 Å². The van der Waals surface area contributed by atoms with E-state index in [1.54, 1.807) is 24.3 Å². The summed E-state index contributed by atoms with van der Waals surface area (Å²) in [4.78, 5) is 0. The van der Waals surface area contributed by atoms with E-state index in [1.165, 1.54) is 25.7 Å². The average Bonchev–Trinajstić information content (AvgIpc) is 2.57. The molecule has 0 aromatic heterocycles. The third kappa shape index (κ3) is 8.72. The molecule has 0 saturated heterocycles. The standard InChI is InChI=1S/C20H34O3S/c1-3-5-7-9-14-18-20(17-13-8-6-4-2)24(21,22)23-19-15-11-10-12-16-19/h10-12,15-16,20H,3-9,13-14,17-18H2,1-2H3. The van der Waals surface area contributed by atoms with Crippen LogP contribution in [0.3, 0.4) is 0 Å². The van der Waals surface area contributed by atoms with E-state index in [0.717, 1.165) is 32.1 Å². The molecule has 0 spiro atoms. The Kier molecular flexibility index (Phi) is 10.8. The van der Waals surface area contributed by atoms with Crippen LogP contribution in [-0.2, 0) is 10.1 Å². The first-order valence-electron chi connectivity index (χ1n) is 9.58. The zero-order valence-electron chi connectivity index (χ0n) is 15.4. The van der Waals surface area contributed by atoms with Crippen molar-refractivity contribution in [2.45, 2.75) is 89.7 Å². The summed E-state index contributed by atoms with van der Waals surface area (Å²) in [6.07, 6.45) is 11.5. The monoisotopic (exact) mass is 354 g/mol. The van der Waals surface area contributed by atoms with Crippen LogP contribution in [0, 0.1) is 0 Å². The van der Waals surface area contributed by atoms with Gasteiger partial charge in [-0.3, -0.25) is 0 Å². The van der Waals surface area contributed by atoms with Crippen molar-refractivity contribution in [3.63, 3.8) is 0 Å². The largest absolute Gasteiger partial charge is 0.382 e. The highest BCUT2D eigenvalue weighted by Gasteiger charge is 2.26. The van der Waals surface area contributed by atoms with Crippen LogP contribution in [-0.4, -0.2) is 13.7 Å². The summed E-state index contributed by atoms with van der Waals surface area (Å²) in [5, 5.41) is -0.379. The summed E-state index contributed by atoms with van der Waals surface area (Å²) >= 11 is 0. The maximum atomic E-state index is 12.7. The number of hydrogen-bond acceptors (Lipinski definition) is 3. The first-order chi connectivity index (χ1) is 11.6. The topological polar surface area (TPSA) is 43.4 Å². The molecule has 3 nitrogen and oxygen atoms in total. The van der Waals surface area contributed by atoms with Crippen LogP contribution in [0.15, 0.2) is 30.3 Å². The number of para-hydroxylation sites is 1. The zero-order chi connectivity index (χ0) is 17.7. The second kappa shape index (κ2) is 12.3. The van der Waals surface area contributed by atoms with E-state index in [9.17, 15) is 8.42 Å². The molecule has 0 N–H and O–H groups in total. The molecule has 1 aromatic rings. The fraction of sp³-hybridized carbons (Fsp3) is 0.700. The molecule has 1 aromatic carbocycles. The fourth-order valence-corrected chi connectivity index (χ4v) is 4.31. The van der Waals surface area contributed by atoms with Crippen molar-refractivity contribution in [3.05, 3.63) is 30.3 Å². The molecule has 0 saturated carbocycles. The molecule has 1 atom stereocenters. The van der Waals surface area contributed by atoms with Crippen LogP contribution in [0.1, 0.15) is 84.5 Å². The van der Waals surface area contributed by atoms with Crippen molar-refractivity contribution in [1.29, 1.82) is 0 Å². The van der Waals surface area contributed by atoms with Crippen molar-refractivity contribution in [1.82, 2.24) is 0 Å². The van der Waals surface area contributed by atoms with Gasteiger partial charge in [0.1, 0.15) is 5.75 Å². The van der Waals surface area contributed by atoms with Gasteiger partial charge < -0.3 is 4.18 Å². The minimum absolute atomic E-state index is 0.379. The van der Waals surface area contributed by atoms with E-state index in [-0.39, 0.29) is 5.25 Å². The van der Waals surface area contributed by atoms with Crippen LogP contribution in [0.25, 0.3) is 0 Å². The smallest absolute Gasteiger partial charge is 0.312 e. The summed E-state index contributed by atoms with van der Waals surface area (Å²) in [5.74, 6) is 0.419. The molecule has 0 amide bonds. The first-order valence-corrected chi connectivity index (χ1v) is 11.1. The summed E-state index contributed by atoms with van der Waals surface area (Å²) < 4.78 is 30.7. The Morgan fingerprint density at radius 2 is 1.29 bits per heavy atom. The SMILES string of the molecule is CCCCCCCC(CCCCCC)S(=O)(=O)Oc1ccccc1. The molecule has 0 aliphatic carbocycles. The summed E-state index contributed by atoms with van der Waals surface area (Å²) in [5.41, 5.74) is 0. The quantitative estimate of drug-likeness (QED) is 0.300. The van der Waals surface area contributed by atoms with Crippen LogP contribution in [0.4, 0.5) is 0 Å². The van der Waals surface area contributed by atoms with Gasteiger partial charge in [-0.1, -0.05) is 89.8 Å². The van der Waals surface area contributed by atoms with E-state index >= 15 is 0 Å². The Hall–Kier alpha value is -1.03. The summed E-state index contributed by atoms with van der Waals surface area (Å²) in [6, 6.07) is 8.85. The number of rotatable bonds is 14. The first kappa shape index (κ1) is 21.0. The average molecular weight is 355 g/mol. The van der Waals surface area contributed by atoms with Crippen molar-refractivity contribution in [2.75, 3.05) is 0 Å². The lowest BCUT2D eigenvalue weighted by atomic mass is 10.0. The second-order valence-corrected chi connectivity index (χ2v) is 8.38. The molecule has 0 fully saturated rings. The van der Waals surface area contributed by atoms with Gasteiger partial charge in [0.15, 0.2) is 0 Å². The van der Waals surface area contributed by atoms with Gasteiger partial charge in [0.2, 0.25) is 0 Å². The van der Waals surface area contributed by atoms with Gasteiger partial charge in [-0.15, -0.1) is 0 Å².